The maximum atomic E-state index is 10.8. The third kappa shape index (κ3) is 1.99. The average Bonchev–Trinajstić information content (AvgIpc) is 2.34. The van der Waals surface area contributed by atoms with Crippen LogP contribution in [0.25, 0.3) is 0 Å². The molecule has 1 aromatic heterocycles. The molecule has 5 nitrogen and oxygen atoms in total. The summed E-state index contributed by atoms with van der Waals surface area (Å²) in [7, 11) is 0. The van der Waals surface area contributed by atoms with E-state index >= 15 is 0 Å². The van der Waals surface area contributed by atoms with Gasteiger partial charge in [-0.2, -0.15) is 0 Å². The van der Waals surface area contributed by atoms with Crippen LogP contribution in [0.1, 0.15) is 20.8 Å². The third-order valence-corrected chi connectivity index (χ3v) is 1.58. The van der Waals surface area contributed by atoms with Crippen molar-refractivity contribution in [3.63, 3.8) is 0 Å². The maximum Gasteiger partial charge on any atom is 0.143 e. The zero-order valence-electron chi connectivity index (χ0n) is 7.87. The molecule has 0 spiro atoms. The SMILES string of the molecule is CC(C)(C)N(C(=O)[O-])c1cnc[nH]1. The van der Waals surface area contributed by atoms with Crippen LogP contribution >= 0.6 is 0 Å². The highest BCUT2D eigenvalue weighted by Gasteiger charge is 2.23. The number of carbonyl (C=O) groups excluding carboxylic acids is 1. The van der Waals surface area contributed by atoms with E-state index in [0.29, 0.717) is 5.82 Å². The second-order valence-corrected chi connectivity index (χ2v) is 3.71. The first-order valence-electron chi connectivity index (χ1n) is 3.92. The first-order chi connectivity index (χ1) is 5.93. The summed E-state index contributed by atoms with van der Waals surface area (Å²) in [5.74, 6) is 0.424. The topological polar surface area (TPSA) is 72.1 Å². The van der Waals surface area contributed by atoms with Gasteiger partial charge in [-0.05, 0) is 20.8 Å². The molecule has 1 rings (SSSR count). The quantitative estimate of drug-likeness (QED) is 0.681. The molecule has 0 radical (unpaired) electrons. The Hall–Kier alpha value is -1.52. The van der Waals surface area contributed by atoms with Gasteiger partial charge >= 0.3 is 0 Å². The number of hydrogen-bond donors (Lipinski definition) is 1. The van der Waals surface area contributed by atoms with Crippen LogP contribution in [0.3, 0.4) is 0 Å². The van der Waals surface area contributed by atoms with E-state index in [1.807, 2.05) is 0 Å². The maximum absolute atomic E-state index is 10.8. The van der Waals surface area contributed by atoms with Crippen molar-refractivity contribution in [1.82, 2.24) is 9.97 Å². The van der Waals surface area contributed by atoms with Crippen molar-refractivity contribution >= 4 is 11.9 Å². The molecular weight excluding hydrogens is 170 g/mol. The number of rotatable bonds is 1. The van der Waals surface area contributed by atoms with Gasteiger partial charge in [0.25, 0.3) is 0 Å². The minimum atomic E-state index is -1.24. The molecule has 0 saturated heterocycles. The van der Waals surface area contributed by atoms with E-state index in [0.717, 1.165) is 4.90 Å². The molecular formula is C8H12N3O2-. The summed E-state index contributed by atoms with van der Waals surface area (Å²) in [6.45, 7) is 5.34. The number of nitrogens with zero attached hydrogens (tertiary/aromatic N) is 2. The number of H-pyrrole nitrogens is 1. The number of aromatic amines is 1. The molecule has 0 fully saturated rings. The van der Waals surface area contributed by atoms with E-state index in [9.17, 15) is 9.90 Å². The van der Waals surface area contributed by atoms with Crippen LogP contribution in [0.4, 0.5) is 10.6 Å². The van der Waals surface area contributed by atoms with Crippen molar-refractivity contribution in [1.29, 1.82) is 0 Å². The zero-order chi connectivity index (χ0) is 10.1. The van der Waals surface area contributed by atoms with E-state index < -0.39 is 11.6 Å². The number of nitrogens with one attached hydrogen (secondary N) is 1. The smallest absolute Gasteiger partial charge is 0.143 e. The van der Waals surface area contributed by atoms with Gasteiger partial charge in [0.05, 0.1) is 12.5 Å². The molecule has 1 N–H and O–H groups in total. The van der Waals surface area contributed by atoms with Crippen LogP contribution in [0.15, 0.2) is 12.5 Å². The van der Waals surface area contributed by atoms with Gasteiger partial charge in [-0.1, -0.05) is 0 Å². The summed E-state index contributed by atoms with van der Waals surface area (Å²) in [5.41, 5.74) is -0.536. The van der Waals surface area contributed by atoms with Crippen molar-refractivity contribution in [3.8, 4) is 0 Å². The number of carboxylic acid groups (broad SMARTS) is 1. The number of aromatic nitrogens is 2. The van der Waals surface area contributed by atoms with Crippen LogP contribution < -0.4 is 10.0 Å². The Bertz CT molecular complexity index is 287. The fraction of sp³-hybridized carbons (Fsp3) is 0.500. The lowest BCUT2D eigenvalue weighted by molar-refractivity contribution is -0.247. The van der Waals surface area contributed by atoms with Crippen LogP contribution in [0.5, 0.6) is 0 Å². The van der Waals surface area contributed by atoms with Crippen LogP contribution in [-0.2, 0) is 0 Å². The summed E-state index contributed by atoms with van der Waals surface area (Å²) in [6, 6.07) is 0. The number of amides is 1. The Morgan fingerprint density at radius 2 is 2.23 bits per heavy atom. The van der Waals surface area contributed by atoms with E-state index in [1.54, 1.807) is 20.8 Å². The van der Waals surface area contributed by atoms with E-state index in [1.165, 1.54) is 12.5 Å². The molecule has 0 aliphatic rings. The van der Waals surface area contributed by atoms with Gasteiger partial charge in [-0.25, -0.2) is 4.98 Å². The monoisotopic (exact) mass is 182 g/mol. The molecule has 72 valence electrons. The lowest BCUT2D eigenvalue weighted by Crippen LogP contribution is -2.52. The van der Waals surface area contributed by atoms with E-state index in [2.05, 4.69) is 9.97 Å². The minimum absolute atomic E-state index is 0.424. The summed E-state index contributed by atoms with van der Waals surface area (Å²) in [5, 5.41) is 10.8. The van der Waals surface area contributed by atoms with Crippen LogP contribution in [-0.4, -0.2) is 21.6 Å². The molecule has 0 atom stereocenters. The summed E-state index contributed by atoms with van der Waals surface area (Å²) in [4.78, 5) is 18.4. The molecule has 13 heavy (non-hydrogen) atoms. The van der Waals surface area contributed by atoms with Gasteiger partial charge in [-0.3, -0.25) is 0 Å². The van der Waals surface area contributed by atoms with E-state index in [4.69, 9.17) is 0 Å². The minimum Gasteiger partial charge on any atom is -0.530 e. The van der Waals surface area contributed by atoms with Crippen molar-refractivity contribution in [2.75, 3.05) is 4.90 Å². The summed E-state index contributed by atoms with van der Waals surface area (Å²) >= 11 is 0. The fourth-order valence-corrected chi connectivity index (χ4v) is 1.10. The lowest BCUT2D eigenvalue weighted by Gasteiger charge is -2.36. The van der Waals surface area contributed by atoms with Gasteiger partial charge in [-0.15, -0.1) is 0 Å². The zero-order valence-corrected chi connectivity index (χ0v) is 7.87. The van der Waals surface area contributed by atoms with Crippen molar-refractivity contribution < 1.29 is 9.90 Å². The molecule has 5 heteroatoms. The second kappa shape index (κ2) is 3.08. The highest BCUT2D eigenvalue weighted by molar-refractivity contribution is 5.84. The molecule has 0 aliphatic heterocycles. The number of carbonyl (C=O) groups is 1. The summed E-state index contributed by atoms with van der Waals surface area (Å²) in [6.07, 6.45) is 1.63. The fourth-order valence-electron chi connectivity index (χ4n) is 1.10. The molecule has 1 heterocycles. The van der Waals surface area contributed by atoms with Crippen molar-refractivity contribution in [3.05, 3.63) is 12.5 Å². The van der Waals surface area contributed by atoms with Crippen molar-refractivity contribution in [2.45, 2.75) is 26.3 Å². The van der Waals surface area contributed by atoms with Gasteiger partial charge < -0.3 is 19.8 Å². The van der Waals surface area contributed by atoms with Gasteiger partial charge in [0.15, 0.2) is 0 Å². The number of imidazole rings is 1. The third-order valence-electron chi connectivity index (χ3n) is 1.58. The molecule has 0 saturated carbocycles. The Morgan fingerprint density at radius 1 is 1.62 bits per heavy atom. The second-order valence-electron chi connectivity index (χ2n) is 3.71. The predicted octanol–water partition coefficient (Wildman–Crippen LogP) is 0.358. The normalized spacial score (nSPS) is 11.3. The predicted molar refractivity (Wildman–Crippen MR) is 46.2 cm³/mol. The largest absolute Gasteiger partial charge is 0.530 e. The van der Waals surface area contributed by atoms with Gasteiger partial charge in [0, 0.05) is 5.54 Å². The molecule has 1 aromatic rings. The standard InChI is InChI=1S/C8H13N3O2/c1-8(2,3)11(7(12)13)6-4-9-5-10-6/h4-5H,1-3H3,(H,9,10)(H,12,13)/p-1. The van der Waals surface area contributed by atoms with Gasteiger partial charge in [0.2, 0.25) is 0 Å². The number of hydrogen-bond acceptors (Lipinski definition) is 3. The summed E-state index contributed by atoms with van der Waals surface area (Å²) < 4.78 is 0. The molecule has 0 aromatic carbocycles. The highest BCUT2D eigenvalue weighted by Crippen LogP contribution is 2.19. The Kier molecular flexibility index (Phi) is 2.27. The molecule has 0 bridgehead atoms. The van der Waals surface area contributed by atoms with Crippen molar-refractivity contribution in [2.24, 2.45) is 0 Å². The first-order valence-corrected chi connectivity index (χ1v) is 3.92. The highest BCUT2D eigenvalue weighted by atomic mass is 16.4. The Labute approximate surface area is 76.4 Å². The number of anilines is 1. The Balaban J connectivity index is 3.01. The van der Waals surface area contributed by atoms with E-state index in [-0.39, 0.29) is 0 Å². The Morgan fingerprint density at radius 3 is 2.54 bits per heavy atom. The average molecular weight is 182 g/mol. The molecule has 0 unspecified atom stereocenters. The molecule has 1 amide bonds. The lowest BCUT2D eigenvalue weighted by atomic mass is 10.1. The van der Waals surface area contributed by atoms with Crippen LogP contribution in [0.2, 0.25) is 0 Å². The van der Waals surface area contributed by atoms with Crippen LogP contribution in [0, 0.1) is 0 Å². The molecule has 0 aliphatic carbocycles. The first kappa shape index (κ1) is 9.57. The van der Waals surface area contributed by atoms with Gasteiger partial charge in [0.1, 0.15) is 11.9 Å².